The van der Waals surface area contributed by atoms with Crippen LogP contribution in [0.15, 0.2) is 18.2 Å². The first kappa shape index (κ1) is 14.6. The first-order valence-electron chi connectivity index (χ1n) is 5.11. The van der Waals surface area contributed by atoms with Gasteiger partial charge in [0.2, 0.25) is 5.91 Å². The molecule has 1 unspecified atom stereocenters. The van der Waals surface area contributed by atoms with Crippen LogP contribution in [0.25, 0.3) is 0 Å². The lowest BCUT2D eigenvalue weighted by atomic mass is 10.1. The normalized spacial score (nSPS) is 13.2. The summed E-state index contributed by atoms with van der Waals surface area (Å²) in [4.78, 5) is 11.4. The quantitative estimate of drug-likeness (QED) is 0.833. The summed E-state index contributed by atoms with van der Waals surface area (Å²) in [6.07, 6.45) is -5.05. The third-order valence-corrected chi connectivity index (χ3v) is 2.64. The highest BCUT2D eigenvalue weighted by atomic mass is 35.5. The number of benzene rings is 1. The molecule has 1 rings (SSSR count). The molecule has 1 aromatic carbocycles. The van der Waals surface area contributed by atoms with E-state index in [0.717, 1.165) is 6.92 Å². The Balaban J connectivity index is 2.68. The van der Waals surface area contributed by atoms with Gasteiger partial charge >= 0.3 is 6.18 Å². The highest BCUT2D eigenvalue weighted by Gasteiger charge is 2.37. The summed E-state index contributed by atoms with van der Waals surface area (Å²) in [6.45, 7) is 0.945. The summed E-state index contributed by atoms with van der Waals surface area (Å²) < 4.78 is 36.8. The number of hydrogen-bond donors (Lipinski definition) is 2. The van der Waals surface area contributed by atoms with Gasteiger partial charge in [-0.25, -0.2) is 0 Å². The molecule has 0 aromatic heterocycles. The molecular weight excluding hydrogens is 269 g/mol. The molecule has 0 radical (unpaired) electrons. The van der Waals surface area contributed by atoms with Gasteiger partial charge in [0, 0.05) is 12.1 Å². The van der Waals surface area contributed by atoms with E-state index in [0.29, 0.717) is 5.69 Å². The van der Waals surface area contributed by atoms with E-state index in [-0.39, 0.29) is 10.7 Å². The van der Waals surface area contributed by atoms with Crippen molar-refractivity contribution in [3.05, 3.63) is 23.2 Å². The fraction of sp³-hybridized carbons (Fsp3) is 0.364. The van der Waals surface area contributed by atoms with Gasteiger partial charge in [-0.15, -0.1) is 0 Å². The topological polar surface area (TPSA) is 55.1 Å². The number of carbonyl (C=O) groups is 1. The SMILES string of the molecule is CC(CC(=O)Nc1cc(N)ccc1Cl)C(F)(F)F. The Labute approximate surface area is 107 Å². The zero-order valence-corrected chi connectivity index (χ0v) is 10.3. The maximum absolute atomic E-state index is 12.3. The van der Waals surface area contributed by atoms with Gasteiger partial charge in [0.25, 0.3) is 0 Å². The Morgan fingerprint density at radius 2 is 2.11 bits per heavy atom. The van der Waals surface area contributed by atoms with E-state index < -0.39 is 24.4 Å². The van der Waals surface area contributed by atoms with E-state index in [1.54, 1.807) is 0 Å². The number of amides is 1. The minimum Gasteiger partial charge on any atom is -0.399 e. The van der Waals surface area contributed by atoms with Crippen LogP contribution in [0, 0.1) is 5.92 Å². The molecule has 1 atom stereocenters. The highest BCUT2D eigenvalue weighted by molar-refractivity contribution is 6.33. The Hall–Kier alpha value is -1.43. The predicted molar refractivity (Wildman–Crippen MR) is 64.3 cm³/mol. The maximum atomic E-state index is 12.3. The Morgan fingerprint density at radius 1 is 1.50 bits per heavy atom. The zero-order valence-electron chi connectivity index (χ0n) is 9.51. The summed E-state index contributed by atoms with van der Waals surface area (Å²) in [5.74, 6) is -2.47. The van der Waals surface area contributed by atoms with Crippen LogP contribution in [0.1, 0.15) is 13.3 Å². The fourth-order valence-electron chi connectivity index (χ4n) is 1.23. The molecule has 0 aliphatic rings. The lowest BCUT2D eigenvalue weighted by Gasteiger charge is -2.15. The highest BCUT2D eigenvalue weighted by Crippen LogP contribution is 2.29. The number of nitrogens with two attached hydrogens (primary N) is 1. The van der Waals surface area contributed by atoms with Gasteiger partial charge in [-0.3, -0.25) is 4.79 Å². The molecule has 0 saturated carbocycles. The molecule has 0 spiro atoms. The lowest BCUT2D eigenvalue weighted by Crippen LogP contribution is -2.25. The van der Waals surface area contributed by atoms with Gasteiger partial charge < -0.3 is 11.1 Å². The van der Waals surface area contributed by atoms with Crippen LogP contribution < -0.4 is 11.1 Å². The summed E-state index contributed by atoms with van der Waals surface area (Å²) in [7, 11) is 0. The molecule has 100 valence electrons. The number of carbonyl (C=O) groups excluding carboxylic acids is 1. The molecule has 0 aliphatic carbocycles. The van der Waals surface area contributed by atoms with Crippen LogP contribution in [0.2, 0.25) is 5.02 Å². The van der Waals surface area contributed by atoms with E-state index in [9.17, 15) is 18.0 Å². The van der Waals surface area contributed by atoms with Gasteiger partial charge in [0.05, 0.1) is 16.6 Å². The molecule has 18 heavy (non-hydrogen) atoms. The number of hydrogen-bond acceptors (Lipinski definition) is 2. The van der Waals surface area contributed by atoms with Gasteiger partial charge in [-0.1, -0.05) is 18.5 Å². The molecule has 0 bridgehead atoms. The minimum absolute atomic E-state index is 0.205. The van der Waals surface area contributed by atoms with E-state index in [2.05, 4.69) is 5.32 Å². The standard InChI is InChI=1S/C11H12ClF3N2O/c1-6(11(13,14)15)4-10(18)17-9-5-7(16)2-3-8(9)12/h2-3,5-6H,4,16H2,1H3,(H,17,18). The average Bonchev–Trinajstić information content (AvgIpc) is 2.22. The number of nitrogens with one attached hydrogen (secondary N) is 1. The second kappa shape index (κ2) is 5.48. The third kappa shape index (κ3) is 4.10. The van der Waals surface area contributed by atoms with E-state index in [4.69, 9.17) is 17.3 Å². The van der Waals surface area contributed by atoms with Crippen LogP contribution in [0.4, 0.5) is 24.5 Å². The number of alkyl halides is 3. The summed E-state index contributed by atoms with van der Waals surface area (Å²) in [6, 6.07) is 4.37. The molecular formula is C11H12ClF3N2O. The van der Waals surface area contributed by atoms with Crippen molar-refractivity contribution in [2.24, 2.45) is 5.92 Å². The smallest absolute Gasteiger partial charge is 0.392 e. The lowest BCUT2D eigenvalue weighted by molar-refractivity contribution is -0.173. The van der Waals surface area contributed by atoms with Gasteiger partial charge in [-0.2, -0.15) is 13.2 Å². The molecule has 1 amide bonds. The fourth-order valence-corrected chi connectivity index (χ4v) is 1.40. The van der Waals surface area contributed by atoms with Crippen LogP contribution in [-0.4, -0.2) is 12.1 Å². The average molecular weight is 281 g/mol. The molecule has 3 N–H and O–H groups in total. The van der Waals surface area contributed by atoms with Crippen molar-refractivity contribution in [1.82, 2.24) is 0 Å². The van der Waals surface area contributed by atoms with Crippen molar-refractivity contribution in [1.29, 1.82) is 0 Å². The molecule has 3 nitrogen and oxygen atoms in total. The van der Waals surface area contributed by atoms with Gasteiger partial charge in [0.1, 0.15) is 0 Å². The minimum atomic E-state index is -4.39. The Kier molecular flexibility index (Phi) is 4.45. The molecule has 0 aliphatic heterocycles. The predicted octanol–water partition coefficient (Wildman–Crippen LogP) is 3.45. The summed E-state index contributed by atoms with van der Waals surface area (Å²) in [5, 5.41) is 2.52. The number of nitrogen functional groups attached to an aromatic ring is 1. The number of anilines is 2. The summed E-state index contributed by atoms with van der Waals surface area (Å²) in [5.41, 5.74) is 6.05. The monoisotopic (exact) mass is 280 g/mol. The van der Waals surface area contributed by atoms with Gasteiger partial charge in [0.15, 0.2) is 0 Å². The van der Waals surface area contributed by atoms with Crippen molar-refractivity contribution in [2.45, 2.75) is 19.5 Å². The first-order chi connectivity index (χ1) is 8.20. The molecule has 0 saturated heterocycles. The second-order valence-corrected chi connectivity index (χ2v) is 4.34. The number of halogens is 4. The van der Waals surface area contributed by atoms with Crippen LogP contribution in [0.3, 0.4) is 0 Å². The first-order valence-corrected chi connectivity index (χ1v) is 5.49. The van der Waals surface area contributed by atoms with Crippen LogP contribution in [0.5, 0.6) is 0 Å². The Morgan fingerprint density at radius 3 is 2.67 bits per heavy atom. The van der Waals surface area contributed by atoms with Crippen molar-refractivity contribution in [3.63, 3.8) is 0 Å². The molecule has 1 aromatic rings. The number of rotatable bonds is 3. The zero-order chi connectivity index (χ0) is 13.9. The largest absolute Gasteiger partial charge is 0.399 e. The second-order valence-electron chi connectivity index (χ2n) is 3.93. The van der Waals surface area contributed by atoms with Crippen LogP contribution >= 0.6 is 11.6 Å². The van der Waals surface area contributed by atoms with Crippen LogP contribution in [-0.2, 0) is 4.79 Å². The third-order valence-electron chi connectivity index (χ3n) is 2.31. The van der Waals surface area contributed by atoms with Crippen molar-refractivity contribution in [2.75, 3.05) is 11.1 Å². The molecule has 0 heterocycles. The summed E-state index contributed by atoms with van der Waals surface area (Å²) >= 11 is 5.77. The van der Waals surface area contributed by atoms with Crippen molar-refractivity contribution < 1.29 is 18.0 Å². The molecule has 0 fully saturated rings. The van der Waals surface area contributed by atoms with Crippen molar-refractivity contribution >= 4 is 28.9 Å². The van der Waals surface area contributed by atoms with E-state index in [1.165, 1.54) is 18.2 Å². The maximum Gasteiger partial charge on any atom is 0.392 e. The van der Waals surface area contributed by atoms with Crippen molar-refractivity contribution in [3.8, 4) is 0 Å². The van der Waals surface area contributed by atoms with E-state index >= 15 is 0 Å². The van der Waals surface area contributed by atoms with E-state index in [1.807, 2.05) is 0 Å². The molecule has 7 heteroatoms. The van der Waals surface area contributed by atoms with Gasteiger partial charge in [-0.05, 0) is 18.2 Å². The Bertz CT molecular complexity index is 448.